The van der Waals surface area contributed by atoms with E-state index in [1.54, 1.807) is 30.5 Å². The summed E-state index contributed by atoms with van der Waals surface area (Å²) in [6.45, 7) is 0.919. The van der Waals surface area contributed by atoms with Crippen LogP contribution in [0.3, 0.4) is 0 Å². The summed E-state index contributed by atoms with van der Waals surface area (Å²) in [5.41, 5.74) is 0.796. The summed E-state index contributed by atoms with van der Waals surface area (Å²) in [6, 6.07) is 8.82. The van der Waals surface area contributed by atoms with Crippen molar-refractivity contribution >= 4 is 28.9 Å². The summed E-state index contributed by atoms with van der Waals surface area (Å²) in [5.74, 6) is 0.731. The van der Waals surface area contributed by atoms with Gasteiger partial charge in [-0.2, -0.15) is 0 Å². The lowest BCUT2D eigenvalue weighted by Gasteiger charge is -2.13. The number of benzene rings is 1. The summed E-state index contributed by atoms with van der Waals surface area (Å²) < 4.78 is 10.5. The van der Waals surface area contributed by atoms with Crippen molar-refractivity contribution in [1.82, 2.24) is 0 Å². The normalized spacial score (nSPS) is 12.3. The average molecular weight is 316 g/mol. The number of nitrogens with one attached hydrogen (secondary N) is 1. The Morgan fingerprint density at radius 1 is 1.25 bits per heavy atom. The van der Waals surface area contributed by atoms with Crippen LogP contribution in [0.5, 0.6) is 0 Å². The number of aliphatic hydroxyl groups is 1. The summed E-state index contributed by atoms with van der Waals surface area (Å²) in [7, 11) is 0. The fraction of sp³-hybridized carbons (Fsp3) is 0.286. The third-order valence-corrected chi connectivity index (χ3v) is 3.34. The highest BCUT2D eigenvalue weighted by Crippen LogP contribution is 2.24. The van der Waals surface area contributed by atoms with E-state index in [1.165, 1.54) is 0 Å². The molecule has 1 aromatic carbocycles. The van der Waals surface area contributed by atoms with E-state index in [1.807, 2.05) is 6.07 Å². The number of furan rings is 1. The van der Waals surface area contributed by atoms with Crippen molar-refractivity contribution in [3.8, 4) is 0 Å². The molecular formula is C14H15Cl2NO3. The Labute approximate surface area is 127 Å². The van der Waals surface area contributed by atoms with Crippen LogP contribution in [0, 0.1) is 0 Å². The van der Waals surface area contributed by atoms with Gasteiger partial charge in [0, 0.05) is 12.2 Å². The van der Waals surface area contributed by atoms with Crippen LogP contribution >= 0.6 is 23.2 Å². The van der Waals surface area contributed by atoms with Crippen molar-refractivity contribution in [1.29, 1.82) is 0 Å². The molecule has 0 spiro atoms. The van der Waals surface area contributed by atoms with Gasteiger partial charge in [0.15, 0.2) is 0 Å². The molecule has 108 valence electrons. The zero-order valence-electron chi connectivity index (χ0n) is 10.7. The minimum absolute atomic E-state index is 0.217. The molecule has 1 unspecified atom stereocenters. The Hall–Kier alpha value is -1.20. The molecule has 2 rings (SSSR count). The SMILES string of the molecule is OC(CNc1ccc(Cl)c(Cl)c1)COCc1ccco1. The van der Waals surface area contributed by atoms with Crippen LogP contribution in [-0.4, -0.2) is 24.4 Å². The van der Waals surface area contributed by atoms with Gasteiger partial charge < -0.3 is 19.6 Å². The topological polar surface area (TPSA) is 54.6 Å². The maximum atomic E-state index is 9.79. The molecule has 0 aliphatic heterocycles. The zero-order valence-corrected chi connectivity index (χ0v) is 12.2. The lowest BCUT2D eigenvalue weighted by molar-refractivity contribution is 0.0282. The van der Waals surface area contributed by atoms with Crippen molar-refractivity contribution < 1.29 is 14.3 Å². The molecule has 0 amide bonds. The maximum Gasteiger partial charge on any atom is 0.129 e. The summed E-state index contributed by atoms with van der Waals surface area (Å²) in [4.78, 5) is 0. The highest BCUT2D eigenvalue weighted by molar-refractivity contribution is 6.42. The lowest BCUT2D eigenvalue weighted by atomic mass is 10.3. The molecule has 0 bridgehead atoms. The Morgan fingerprint density at radius 2 is 2.10 bits per heavy atom. The van der Waals surface area contributed by atoms with Crippen molar-refractivity contribution in [2.75, 3.05) is 18.5 Å². The fourth-order valence-electron chi connectivity index (χ4n) is 1.59. The van der Waals surface area contributed by atoms with Gasteiger partial charge in [0.05, 0.1) is 29.0 Å². The minimum Gasteiger partial charge on any atom is -0.467 e. The molecule has 1 atom stereocenters. The lowest BCUT2D eigenvalue weighted by Crippen LogP contribution is -2.24. The first kappa shape index (κ1) is 15.2. The summed E-state index contributed by atoms with van der Waals surface area (Å²) in [6.07, 6.45) is 0.959. The standard InChI is InChI=1S/C14H15Cl2NO3/c15-13-4-3-10(6-14(13)16)17-7-11(18)8-19-9-12-2-1-5-20-12/h1-6,11,17-18H,7-9H2. The van der Waals surface area contributed by atoms with Gasteiger partial charge >= 0.3 is 0 Å². The quantitative estimate of drug-likeness (QED) is 0.820. The first-order chi connectivity index (χ1) is 9.65. The largest absolute Gasteiger partial charge is 0.467 e. The molecule has 2 N–H and O–H groups in total. The Morgan fingerprint density at radius 3 is 2.80 bits per heavy atom. The van der Waals surface area contributed by atoms with Gasteiger partial charge in [0.2, 0.25) is 0 Å². The Kier molecular flexibility index (Phi) is 5.73. The first-order valence-electron chi connectivity index (χ1n) is 6.12. The van der Waals surface area contributed by atoms with Crippen LogP contribution in [0.2, 0.25) is 10.0 Å². The molecule has 2 aromatic rings. The third kappa shape index (κ3) is 4.72. The molecule has 20 heavy (non-hydrogen) atoms. The number of hydrogen-bond acceptors (Lipinski definition) is 4. The second kappa shape index (κ2) is 7.55. The van der Waals surface area contributed by atoms with E-state index in [2.05, 4.69) is 5.32 Å². The van der Waals surface area contributed by atoms with Crippen LogP contribution in [-0.2, 0) is 11.3 Å². The van der Waals surface area contributed by atoms with E-state index in [-0.39, 0.29) is 6.61 Å². The fourth-order valence-corrected chi connectivity index (χ4v) is 1.89. The van der Waals surface area contributed by atoms with Gasteiger partial charge in [0.25, 0.3) is 0 Å². The zero-order chi connectivity index (χ0) is 14.4. The summed E-state index contributed by atoms with van der Waals surface area (Å²) in [5, 5.41) is 13.8. The van der Waals surface area contributed by atoms with E-state index < -0.39 is 6.10 Å². The van der Waals surface area contributed by atoms with Crippen LogP contribution in [0.15, 0.2) is 41.0 Å². The molecular weight excluding hydrogens is 301 g/mol. The van der Waals surface area contributed by atoms with E-state index in [4.69, 9.17) is 32.4 Å². The van der Waals surface area contributed by atoms with Gasteiger partial charge in [-0.15, -0.1) is 0 Å². The second-order valence-electron chi connectivity index (χ2n) is 4.26. The van der Waals surface area contributed by atoms with Crippen molar-refractivity contribution in [3.63, 3.8) is 0 Å². The molecule has 1 aromatic heterocycles. The van der Waals surface area contributed by atoms with Crippen molar-refractivity contribution in [2.24, 2.45) is 0 Å². The molecule has 1 heterocycles. The number of hydrogen-bond donors (Lipinski definition) is 2. The highest BCUT2D eigenvalue weighted by Gasteiger charge is 2.06. The highest BCUT2D eigenvalue weighted by atomic mass is 35.5. The number of ether oxygens (including phenoxy) is 1. The van der Waals surface area contributed by atoms with Gasteiger partial charge in [-0.3, -0.25) is 0 Å². The van der Waals surface area contributed by atoms with Gasteiger partial charge in [0.1, 0.15) is 12.4 Å². The van der Waals surface area contributed by atoms with Crippen LogP contribution in [0.4, 0.5) is 5.69 Å². The number of aliphatic hydroxyl groups excluding tert-OH is 1. The number of halogens is 2. The van der Waals surface area contributed by atoms with Crippen molar-refractivity contribution in [3.05, 3.63) is 52.4 Å². The predicted molar refractivity (Wildman–Crippen MR) is 79.3 cm³/mol. The Bertz CT molecular complexity index is 531. The molecule has 6 heteroatoms. The number of rotatable bonds is 7. The van der Waals surface area contributed by atoms with E-state index in [0.717, 1.165) is 11.4 Å². The Balaban J connectivity index is 1.69. The van der Waals surface area contributed by atoms with E-state index in [9.17, 15) is 5.11 Å². The molecule has 4 nitrogen and oxygen atoms in total. The number of anilines is 1. The van der Waals surface area contributed by atoms with Crippen LogP contribution in [0.25, 0.3) is 0 Å². The van der Waals surface area contributed by atoms with Gasteiger partial charge in [-0.1, -0.05) is 23.2 Å². The minimum atomic E-state index is -0.626. The van der Waals surface area contributed by atoms with Crippen LogP contribution < -0.4 is 5.32 Å². The van der Waals surface area contributed by atoms with Crippen LogP contribution in [0.1, 0.15) is 5.76 Å². The second-order valence-corrected chi connectivity index (χ2v) is 5.07. The third-order valence-electron chi connectivity index (χ3n) is 2.60. The monoisotopic (exact) mass is 315 g/mol. The van der Waals surface area contributed by atoms with Gasteiger partial charge in [-0.25, -0.2) is 0 Å². The van der Waals surface area contributed by atoms with Gasteiger partial charge in [-0.05, 0) is 30.3 Å². The molecule has 0 saturated heterocycles. The molecule has 0 radical (unpaired) electrons. The molecule has 0 aliphatic carbocycles. The maximum absolute atomic E-state index is 9.79. The van der Waals surface area contributed by atoms with Crippen molar-refractivity contribution in [2.45, 2.75) is 12.7 Å². The predicted octanol–water partition coefficient (Wildman–Crippen LogP) is 3.58. The summed E-state index contributed by atoms with van der Waals surface area (Å²) >= 11 is 11.7. The van der Waals surface area contributed by atoms with E-state index in [0.29, 0.717) is 23.2 Å². The molecule has 0 aliphatic rings. The smallest absolute Gasteiger partial charge is 0.129 e. The van der Waals surface area contributed by atoms with E-state index >= 15 is 0 Å². The first-order valence-corrected chi connectivity index (χ1v) is 6.88. The molecule has 0 saturated carbocycles. The molecule has 0 fully saturated rings. The average Bonchev–Trinajstić information content (AvgIpc) is 2.93.